The second-order valence-electron chi connectivity index (χ2n) is 4.96. The summed E-state index contributed by atoms with van der Waals surface area (Å²) in [6.07, 6.45) is 0. The van der Waals surface area contributed by atoms with Crippen LogP contribution < -0.4 is 15.0 Å². The summed E-state index contributed by atoms with van der Waals surface area (Å²) < 4.78 is 5.64. The number of hydrogen-bond donors (Lipinski definition) is 2. The van der Waals surface area contributed by atoms with E-state index in [2.05, 4.69) is 5.32 Å². The molecule has 1 aromatic carbocycles. The van der Waals surface area contributed by atoms with Gasteiger partial charge in [-0.3, -0.25) is 0 Å². The largest absolute Gasteiger partial charge is 0.490 e. The minimum absolute atomic E-state index is 0.275. The number of likely N-dealkylation sites (N-methyl/N-ethyl adjacent to an activating group) is 1. The van der Waals surface area contributed by atoms with Gasteiger partial charge in [0.1, 0.15) is 18.0 Å². The fourth-order valence-electron chi connectivity index (χ4n) is 1.54. The summed E-state index contributed by atoms with van der Waals surface area (Å²) >= 11 is 0. The molecule has 0 amide bonds. The Kier molecular flexibility index (Phi) is 5.44. The van der Waals surface area contributed by atoms with Gasteiger partial charge in [-0.25, -0.2) is 0 Å². The van der Waals surface area contributed by atoms with Crippen molar-refractivity contribution in [1.29, 1.82) is 0 Å². The van der Waals surface area contributed by atoms with Gasteiger partial charge in [0.05, 0.1) is 0 Å². The van der Waals surface area contributed by atoms with Crippen molar-refractivity contribution < 1.29 is 9.84 Å². The second kappa shape index (κ2) is 6.61. The number of rotatable bonds is 7. The lowest BCUT2D eigenvalue weighted by Gasteiger charge is -2.24. The zero-order valence-corrected chi connectivity index (χ0v) is 11.7. The molecule has 1 atom stereocenters. The quantitative estimate of drug-likeness (QED) is 0.772. The number of anilines is 1. The van der Waals surface area contributed by atoms with E-state index in [0.29, 0.717) is 6.54 Å². The highest BCUT2D eigenvalue weighted by atomic mass is 16.5. The molecule has 0 fully saturated rings. The summed E-state index contributed by atoms with van der Waals surface area (Å²) in [4.78, 5) is 2.02. The van der Waals surface area contributed by atoms with Gasteiger partial charge in [-0.1, -0.05) is 13.0 Å². The maximum absolute atomic E-state index is 10.1. The average Bonchev–Trinajstić information content (AvgIpc) is 2.34. The monoisotopic (exact) mass is 252 g/mol. The van der Waals surface area contributed by atoms with E-state index < -0.39 is 5.60 Å². The van der Waals surface area contributed by atoms with Gasteiger partial charge in [0.2, 0.25) is 0 Å². The Balaban J connectivity index is 2.55. The van der Waals surface area contributed by atoms with Gasteiger partial charge in [-0.15, -0.1) is 0 Å². The van der Waals surface area contributed by atoms with Crippen molar-refractivity contribution in [2.75, 3.05) is 38.7 Å². The van der Waals surface area contributed by atoms with Gasteiger partial charge >= 0.3 is 0 Å². The number of benzene rings is 1. The van der Waals surface area contributed by atoms with Gasteiger partial charge in [0.15, 0.2) is 0 Å². The van der Waals surface area contributed by atoms with Crippen LogP contribution in [0.4, 0.5) is 5.69 Å². The lowest BCUT2D eigenvalue weighted by Crippen LogP contribution is -2.42. The number of hydrogen-bond acceptors (Lipinski definition) is 4. The molecule has 2 N–H and O–H groups in total. The summed E-state index contributed by atoms with van der Waals surface area (Å²) in [5.41, 5.74) is 0.225. The first-order valence-electron chi connectivity index (χ1n) is 6.28. The molecule has 0 saturated heterocycles. The fraction of sp³-hybridized carbons (Fsp3) is 0.571. The van der Waals surface area contributed by atoms with Crippen molar-refractivity contribution in [2.24, 2.45) is 0 Å². The number of aliphatic hydroxyl groups is 1. The third-order valence-electron chi connectivity index (χ3n) is 2.64. The average molecular weight is 252 g/mol. The molecule has 0 aromatic heterocycles. The summed E-state index contributed by atoms with van der Waals surface area (Å²) in [6, 6.07) is 7.83. The molecule has 4 nitrogen and oxygen atoms in total. The Morgan fingerprint density at radius 3 is 2.72 bits per heavy atom. The SMILES string of the molecule is CCNCC(C)(O)COc1cccc(N(C)C)c1. The maximum Gasteiger partial charge on any atom is 0.121 e. The standard InChI is InChI=1S/C14H24N2O2/c1-5-15-10-14(2,17)11-18-13-8-6-7-12(9-13)16(3)4/h6-9,15,17H,5,10-11H2,1-4H3. The van der Waals surface area contributed by atoms with Crippen LogP contribution in [0.3, 0.4) is 0 Å². The maximum atomic E-state index is 10.1. The highest BCUT2D eigenvalue weighted by Gasteiger charge is 2.20. The fourth-order valence-corrected chi connectivity index (χ4v) is 1.54. The lowest BCUT2D eigenvalue weighted by molar-refractivity contribution is 0.0127. The van der Waals surface area contributed by atoms with E-state index >= 15 is 0 Å². The van der Waals surface area contributed by atoms with Gasteiger partial charge in [-0.05, 0) is 25.6 Å². The molecule has 0 heterocycles. The molecule has 102 valence electrons. The molecule has 0 saturated carbocycles. The Hall–Kier alpha value is -1.26. The minimum Gasteiger partial charge on any atom is -0.490 e. The van der Waals surface area contributed by atoms with E-state index in [-0.39, 0.29) is 6.61 Å². The number of nitrogens with zero attached hydrogens (tertiary/aromatic N) is 1. The summed E-state index contributed by atoms with van der Waals surface area (Å²) in [7, 11) is 3.97. The van der Waals surface area contributed by atoms with Crippen LogP contribution in [0.5, 0.6) is 5.75 Å². The first-order valence-corrected chi connectivity index (χ1v) is 6.28. The summed E-state index contributed by atoms with van der Waals surface area (Å²) in [5, 5.41) is 13.2. The van der Waals surface area contributed by atoms with E-state index in [1.807, 2.05) is 50.2 Å². The first kappa shape index (κ1) is 14.8. The van der Waals surface area contributed by atoms with Crippen LogP contribution in [-0.4, -0.2) is 44.5 Å². The summed E-state index contributed by atoms with van der Waals surface area (Å²) in [5.74, 6) is 0.776. The van der Waals surface area contributed by atoms with E-state index in [9.17, 15) is 5.11 Å². The van der Waals surface area contributed by atoms with Crippen molar-refractivity contribution in [1.82, 2.24) is 5.32 Å². The smallest absolute Gasteiger partial charge is 0.121 e. The summed E-state index contributed by atoms with van der Waals surface area (Å²) in [6.45, 7) is 5.42. The first-order chi connectivity index (χ1) is 8.44. The molecule has 0 aliphatic carbocycles. The van der Waals surface area contributed by atoms with Gasteiger partial charge in [-0.2, -0.15) is 0 Å². The molecular formula is C14H24N2O2. The normalized spacial score (nSPS) is 14.1. The van der Waals surface area contributed by atoms with Crippen molar-refractivity contribution in [3.05, 3.63) is 24.3 Å². The van der Waals surface area contributed by atoms with Crippen LogP contribution in [0.1, 0.15) is 13.8 Å². The van der Waals surface area contributed by atoms with Crippen LogP contribution in [-0.2, 0) is 0 Å². The van der Waals surface area contributed by atoms with Crippen molar-refractivity contribution in [2.45, 2.75) is 19.4 Å². The Bertz CT molecular complexity index is 365. The van der Waals surface area contributed by atoms with Crippen LogP contribution >= 0.6 is 0 Å². The molecule has 0 bridgehead atoms. The van der Waals surface area contributed by atoms with E-state index in [0.717, 1.165) is 18.0 Å². The van der Waals surface area contributed by atoms with Crippen molar-refractivity contribution >= 4 is 5.69 Å². The molecule has 1 aromatic rings. The highest BCUT2D eigenvalue weighted by molar-refractivity contribution is 5.49. The van der Waals surface area contributed by atoms with Gasteiger partial charge in [0.25, 0.3) is 0 Å². The molecule has 0 aliphatic rings. The van der Waals surface area contributed by atoms with E-state index in [1.54, 1.807) is 6.92 Å². The van der Waals surface area contributed by atoms with Crippen LogP contribution in [0.15, 0.2) is 24.3 Å². The van der Waals surface area contributed by atoms with Gasteiger partial charge < -0.3 is 20.1 Å². The molecule has 0 radical (unpaired) electrons. The molecule has 18 heavy (non-hydrogen) atoms. The highest BCUT2D eigenvalue weighted by Crippen LogP contribution is 2.20. The Morgan fingerprint density at radius 1 is 1.39 bits per heavy atom. The van der Waals surface area contributed by atoms with Crippen molar-refractivity contribution in [3.63, 3.8) is 0 Å². The molecule has 4 heteroatoms. The Morgan fingerprint density at radius 2 is 2.11 bits per heavy atom. The molecule has 1 rings (SSSR count). The zero-order valence-electron chi connectivity index (χ0n) is 11.7. The Labute approximate surface area is 110 Å². The minimum atomic E-state index is -0.857. The predicted octanol–water partition coefficient (Wildman–Crippen LogP) is 1.49. The van der Waals surface area contributed by atoms with E-state index in [1.165, 1.54) is 0 Å². The molecule has 0 spiro atoms. The topological polar surface area (TPSA) is 44.7 Å². The van der Waals surface area contributed by atoms with Crippen LogP contribution in [0.25, 0.3) is 0 Å². The zero-order chi connectivity index (χ0) is 13.6. The number of ether oxygens (including phenoxy) is 1. The third kappa shape index (κ3) is 4.94. The van der Waals surface area contributed by atoms with Gasteiger partial charge in [0, 0.05) is 32.4 Å². The third-order valence-corrected chi connectivity index (χ3v) is 2.64. The molecule has 1 unspecified atom stereocenters. The molecular weight excluding hydrogens is 228 g/mol. The predicted molar refractivity (Wildman–Crippen MR) is 75.4 cm³/mol. The van der Waals surface area contributed by atoms with Crippen molar-refractivity contribution in [3.8, 4) is 5.75 Å². The molecule has 0 aliphatic heterocycles. The van der Waals surface area contributed by atoms with E-state index in [4.69, 9.17) is 4.74 Å². The van der Waals surface area contributed by atoms with Crippen LogP contribution in [0.2, 0.25) is 0 Å². The second-order valence-corrected chi connectivity index (χ2v) is 4.96. The lowest BCUT2D eigenvalue weighted by atomic mass is 10.1. The van der Waals surface area contributed by atoms with Crippen LogP contribution in [0, 0.1) is 0 Å². The number of nitrogens with one attached hydrogen (secondary N) is 1.